The predicted octanol–water partition coefficient (Wildman–Crippen LogP) is 0.165. The number of ether oxygens (including phenoxy) is 1. The summed E-state index contributed by atoms with van der Waals surface area (Å²) < 4.78 is 5.28. The lowest BCUT2D eigenvalue weighted by atomic mass is 10.1. The number of aromatic amines is 1. The third kappa shape index (κ3) is 2.46. The van der Waals surface area contributed by atoms with Crippen molar-refractivity contribution in [1.82, 2.24) is 10.2 Å². The molecule has 1 unspecified atom stereocenters. The largest absolute Gasteiger partial charge is 0.495 e. The number of aromatic carboxylic acids is 1. The summed E-state index contributed by atoms with van der Waals surface area (Å²) in [5.74, 6) is 0.949. The number of fused-ring (bicyclic) bond motifs is 1. The summed E-state index contributed by atoms with van der Waals surface area (Å²) >= 11 is 0. The number of rotatable bonds is 4. The van der Waals surface area contributed by atoms with E-state index in [0.29, 0.717) is 22.3 Å². The van der Waals surface area contributed by atoms with Crippen molar-refractivity contribution >= 4 is 40.7 Å². The van der Waals surface area contributed by atoms with Crippen LogP contribution < -0.4 is 15.8 Å². The number of nitrogens with zero attached hydrogens (tertiary/aromatic N) is 3. The number of methoxy groups -OCH3 is 1. The van der Waals surface area contributed by atoms with Gasteiger partial charge in [0.1, 0.15) is 29.4 Å². The molecule has 1 aliphatic heterocycles. The minimum absolute atomic E-state index is 0.00656. The average Bonchev–Trinajstić information content (AvgIpc) is 2.97. The Bertz CT molecular complexity index is 938. The molecule has 0 saturated heterocycles. The van der Waals surface area contributed by atoms with Crippen molar-refractivity contribution in [3.05, 3.63) is 23.4 Å². The van der Waals surface area contributed by atoms with Crippen LogP contribution in [0.1, 0.15) is 10.5 Å². The van der Waals surface area contributed by atoms with E-state index in [4.69, 9.17) is 10.5 Å². The monoisotopic (exact) mass is 328 g/mol. The molecule has 10 nitrogen and oxygen atoms in total. The fraction of sp³-hybridized carbons (Fsp3) is 0.143. The Labute approximate surface area is 134 Å². The van der Waals surface area contributed by atoms with Gasteiger partial charge in [-0.25, -0.2) is 19.6 Å². The number of anilines is 1. The van der Waals surface area contributed by atoms with E-state index in [1.165, 1.54) is 13.4 Å². The van der Waals surface area contributed by atoms with Crippen LogP contribution in [0.3, 0.4) is 0 Å². The molecule has 0 fully saturated rings. The maximum Gasteiger partial charge on any atom is 0.357 e. The van der Waals surface area contributed by atoms with Crippen molar-refractivity contribution in [2.24, 2.45) is 15.7 Å². The quantitative estimate of drug-likeness (QED) is 0.583. The molecule has 5 N–H and O–H groups in total. The van der Waals surface area contributed by atoms with Crippen molar-refractivity contribution in [3.8, 4) is 5.75 Å². The fourth-order valence-electron chi connectivity index (χ4n) is 2.30. The van der Waals surface area contributed by atoms with Gasteiger partial charge in [0, 0.05) is 11.5 Å². The highest BCUT2D eigenvalue weighted by atomic mass is 16.5. The summed E-state index contributed by atoms with van der Waals surface area (Å²) in [6.45, 7) is 0. The summed E-state index contributed by atoms with van der Waals surface area (Å²) in [6.07, 6.45) is 0.408. The lowest BCUT2D eigenvalue weighted by Crippen LogP contribution is -2.32. The normalized spacial score (nSPS) is 16.6. The van der Waals surface area contributed by atoms with Crippen LogP contribution >= 0.6 is 0 Å². The summed E-state index contributed by atoms with van der Waals surface area (Å²) in [5.41, 5.74) is 6.46. The van der Waals surface area contributed by atoms with E-state index < -0.39 is 12.1 Å². The molecular formula is C14H12N6O4. The number of hydrogen-bond donors (Lipinski definition) is 4. The molecule has 24 heavy (non-hydrogen) atoms. The molecule has 122 valence electrons. The number of nitrogens with one attached hydrogen (secondary N) is 2. The van der Waals surface area contributed by atoms with Gasteiger partial charge in [-0.2, -0.15) is 5.10 Å². The molecule has 0 amide bonds. The molecule has 10 heteroatoms. The van der Waals surface area contributed by atoms with Gasteiger partial charge in [-0.1, -0.05) is 0 Å². The number of aromatic nitrogens is 2. The van der Waals surface area contributed by atoms with Crippen LogP contribution in [0.5, 0.6) is 5.75 Å². The lowest BCUT2D eigenvalue weighted by molar-refractivity contribution is 0.0692. The molecule has 0 spiro atoms. The number of carboxylic acids is 1. The summed E-state index contributed by atoms with van der Waals surface area (Å²) in [5, 5.41) is 18.9. The highest BCUT2D eigenvalue weighted by Gasteiger charge is 2.23. The highest BCUT2D eigenvalue weighted by Crippen LogP contribution is 2.32. The van der Waals surface area contributed by atoms with Gasteiger partial charge in [0.05, 0.1) is 18.3 Å². The molecule has 1 aliphatic rings. The second-order valence-electron chi connectivity index (χ2n) is 4.82. The van der Waals surface area contributed by atoms with Gasteiger partial charge in [0.25, 0.3) is 0 Å². The summed E-state index contributed by atoms with van der Waals surface area (Å²) in [6, 6.07) is 3.13. The van der Waals surface area contributed by atoms with E-state index in [-0.39, 0.29) is 17.1 Å². The molecule has 1 atom stereocenters. The van der Waals surface area contributed by atoms with E-state index in [2.05, 4.69) is 25.5 Å². The van der Waals surface area contributed by atoms with Gasteiger partial charge in [-0.3, -0.25) is 5.10 Å². The van der Waals surface area contributed by atoms with Crippen molar-refractivity contribution < 1.29 is 19.4 Å². The molecule has 1 aromatic carbocycles. The van der Waals surface area contributed by atoms with Crippen LogP contribution in [0.25, 0.3) is 10.9 Å². The van der Waals surface area contributed by atoms with Gasteiger partial charge in [-0.05, 0) is 6.07 Å². The first kappa shape index (κ1) is 15.3. The Morgan fingerprint density at radius 2 is 2.29 bits per heavy atom. The molecule has 1 aromatic heterocycles. The van der Waals surface area contributed by atoms with E-state index >= 15 is 0 Å². The number of amidine groups is 1. The summed E-state index contributed by atoms with van der Waals surface area (Å²) in [4.78, 5) is 30.1. The Hall–Kier alpha value is -3.65. The Balaban J connectivity index is 2.06. The van der Waals surface area contributed by atoms with Crippen LogP contribution in [0.4, 0.5) is 5.69 Å². The molecule has 0 saturated carbocycles. The van der Waals surface area contributed by atoms with E-state index in [1.807, 2.05) is 0 Å². The second-order valence-corrected chi connectivity index (χ2v) is 4.82. The van der Waals surface area contributed by atoms with Crippen LogP contribution in [0.15, 0.2) is 27.7 Å². The maximum atomic E-state index is 11.2. The number of H-pyrrole nitrogens is 1. The van der Waals surface area contributed by atoms with Gasteiger partial charge in [-0.15, -0.1) is 0 Å². The molecule has 0 radical (unpaired) electrons. The lowest BCUT2D eigenvalue weighted by Gasteiger charge is -2.20. The topological polar surface area (TPSA) is 155 Å². The minimum atomic E-state index is -1.17. The first-order valence-corrected chi connectivity index (χ1v) is 6.71. The van der Waals surface area contributed by atoms with E-state index in [1.54, 1.807) is 18.1 Å². The smallest absolute Gasteiger partial charge is 0.357 e. The van der Waals surface area contributed by atoms with E-state index in [9.17, 15) is 14.7 Å². The molecular weight excluding hydrogens is 316 g/mol. The van der Waals surface area contributed by atoms with E-state index in [0.717, 1.165) is 0 Å². The third-order valence-corrected chi connectivity index (χ3v) is 3.45. The highest BCUT2D eigenvalue weighted by molar-refractivity contribution is 6.09. The zero-order valence-corrected chi connectivity index (χ0v) is 12.4. The number of hydrogen-bond acceptors (Lipinski definition) is 8. The van der Waals surface area contributed by atoms with Gasteiger partial charge >= 0.3 is 5.97 Å². The molecule has 3 rings (SSSR count). The van der Waals surface area contributed by atoms with Crippen LogP contribution in [0, 0.1) is 0 Å². The SMILES string of the molecule is COc1cc2[nH]nc(C(=O)O)c2cc1NC1N=CN=C(N)C1=C=O. The van der Waals surface area contributed by atoms with Crippen molar-refractivity contribution in [2.45, 2.75) is 6.17 Å². The Morgan fingerprint density at radius 1 is 1.50 bits per heavy atom. The second kappa shape index (κ2) is 5.86. The molecule has 0 aliphatic carbocycles. The number of carboxylic acid groups (broad SMARTS) is 1. The standard InChI is InChI=1S/C14H12N6O4/c1-24-10-3-8-6(11(14(22)23)20-19-8)2-9(10)18-13-7(4-21)12(15)16-5-17-13/h2-3,5,13,18H,1H3,(H,19,20)(H,22,23)(H2,15,16,17). The number of carbonyl (C=O) groups is 1. The number of carbonyl (C=O) groups excluding carboxylic acids is 1. The van der Waals surface area contributed by atoms with Crippen LogP contribution in [-0.4, -0.2) is 52.7 Å². The van der Waals surface area contributed by atoms with Crippen molar-refractivity contribution in [3.63, 3.8) is 0 Å². The van der Waals surface area contributed by atoms with Crippen molar-refractivity contribution in [2.75, 3.05) is 12.4 Å². The van der Waals surface area contributed by atoms with Crippen molar-refractivity contribution in [1.29, 1.82) is 0 Å². The average molecular weight is 328 g/mol. The zero-order valence-electron chi connectivity index (χ0n) is 12.4. The molecule has 2 aromatic rings. The third-order valence-electron chi connectivity index (χ3n) is 3.45. The van der Waals surface area contributed by atoms with Gasteiger partial charge < -0.3 is 20.9 Å². The molecule has 2 heterocycles. The number of nitrogens with two attached hydrogens (primary N) is 1. The maximum absolute atomic E-state index is 11.2. The first-order chi connectivity index (χ1) is 11.5. The van der Waals surface area contributed by atoms with Gasteiger partial charge in [0.15, 0.2) is 11.9 Å². The fourth-order valence-corrected chi connectivity index (χ4v) is 2.30. The predicted molar refractivity (Wildman–Crippen MR) is 86.3 cm³/mol. The Kier molecular flexibility index (Phi) is 3.72. The minimum Gasteiger partial charge on any atom is -0.495 e. The van der Waals surface area contributed by atoms with Crippen LogP contribution in [0.2, 0.25) is 0 Å². The number of benzene rings is 1. The molecule has 0 bridgehead atoms. The zero-order chi connectivity index (χ0) is 17.3. The van der Waals surface area contributed by atoms with Crippen LogP contribution in [-0.2, 0) is 4.79 Å². The summed E-state index contributed by atoms with van der Waals surface area (Å²) in [7, 11) is 1.46. The first-order valence-electron chi connectivity index (χ1n) is 6.71. The number of aliphatic imine (C=N–C) groups is 2. The Morgan fingerprint density at radius 3 is 2.96 bits per heavy atom. The van der Waals surface area contributed by atoms with Gasteiger partial charge in [0.2, 0.25) is 0 Å².